The lowest BCUT2D eigenvalue weighted by atomic mass is 10.3. The minimum absolute atomic E-state index is 0.275. The summed E-state index contributed by atoms with van der Waals surface area (Å²) in [4.78, 5) is 10.8. The number of aromatic nitrogens is 8. The van der Waals surface area contributed by atoms with Gasteiger partial charge in [-0.1, -0.05) is 12.1 Å². The number of para-hydroxylation sites is 2. The zero-order valence-corrected chi connectivity index (χ0v) is 14.9. The van der Waals surface area contributed by atoms with Crippen LogP contribution in [0.25, 0.3) is 22.6 Å². The highest BCUT2D eigenvalue weighted by Gasteiger charge is 2.17. The van der Waals surface area contributed by atoms with Gasteiger partial charge in [0, 0.05) is 0 Å². The summed E-state index contributed by atoms with van der Waals surface area (Å²) in [5.41, 5.74) is 3.77. The van der Waals surface area contributed by atoms with Crippen LogP contribution in [0.5, 0.6) is 0 Å². The van der Waals surface area contributed by atoms with Gasteiger partial charge in [0.2, 0.25) is 5.95 Å². The van der Waals surface area contributed by atoms with E-state index in [0.29, 0.717) is 28.8 Å². The number of nitrogens with zero attached hydrogens (tertiary/aromatic N) is 9. The van der Waals surface area contributed by atoms with Crippen LogP contribution in [0, 0.1) is 25.2 Å². The number of hydrogen-bond donors (Lipinski definition) is 2. The fourth-order valence-corrected chi connectivity index (χ4v) is 2.95. The Hall–Kier alpha value is -4.33. The van der Waals surface area contributed by atoms with Crippen molar-refractivity contribution < 1.29 is 0 Å². The van der Waals surface area contributed by atoms with E-state index >= 15 is 0 Å². The lowest BCUT2D eigenvalue weighted by Gasteiger charge is -1.98. The van der Waals surface area contributed by atoms with Crippen molar-refractivity contribution in [3.05, 3.63) is 47.5 Å². The molecule has 2 N–H and O–H groups in total. The van der Waals surface area contributed by atoms with Crippen LogP contribution in [0.1, 0.15) is 17.1 Å². The second kappa shape index (κ2) is 5.85. The van der Waals surface area contributed by atoms with Crippen molar-refractivity contribution in [1.29, 1.82) is 5.26 Å². The fraction of sp³-hybridized carbons (Fsp3) is 0.118. The molecule has 0 aliphatic rings. The molecule has 4 aromatic heterocycles. The minimum atomic E-state index is 0.275. The number of nitrogens with one attached hydrogen (secondary N) is 2. The number of H-pyrrole nitrogens is 2. The maximum atomic E-state index is 9.44. The van der Waals surface area contributed by atoms with Gasteiger partial charge in [-0.15, -0.1) is 20.0 Å². The van der Waals surface area contributed by atoms with Crippen LogP contribution in [0.4, 0.5) is 11.5 Å². The highest BCUT2D eigenvalue weighted by atomic mass is 15.5. The molecule has 0 bridgehead atoms. The number of benzene rings is 1. The van der Waals surface area contributed by atoms with Gasteiger partial charge in [-0.3, -0.25) is 0 Å². The van der Waals surface area contributed by atoms with Crippen molar-refractivity contribution in [2.75, 3.05) is 0 Å². The molecular formula is C17H13N11. The summed E-state index contributed by atoms with van der Waals surface area (Å²) in [6.07, 6.45) is 1.43. The van der Waals surface area contributed by atoms with Crippen molar-refractivity contribution in [1.82, 2.24) is 39.6 Å². The molecule has 0 spiro atoms. The van der Waals surface area contributed by atoms with E-state index in [1.165, 1.54) is 15.5 Å². The van der Waals surface area contributed by atoms with Crippen LogP contribution < -0.4 is 0 Å². The van der Waals surface area contributed by atoms with Crippen LogP contribution in [0.3, 0.4) is 0 Å². The molecule has 28 heavy (non-hydrogen) atoms. The fourth-order valence-electron chi connectivity index (χ4n) is 2.95. The van der Waals surface area contributed by atoms with Crippen molar-refractivity contribution in [3.63, 3.8) is 0 Å². The lowest BCUT2D eigenvalue weighted by Crippen LogP contribution is -1.97. The molecule has 0 unspecified atom stereocenters. The van der Waals surface area contributed by atoms with Gasteiger partial charge in [-0.2, -0.15) is 20.1 Å². The van der Waals surface area contributed by atoms with E-state index in [4.69, 9.17) is 0 Å². The number of hydrogen-bond acceptors (Lipinski definition) is 7. The zero-order chi connectivity index (χ0) is 19.3. The summed E-state index contributed by atoms with van der Waals surface area (Å²) in [5, 5.41) is 30.8. The summed E-state index contributed by atoms with van der Waals surface area (Å²) < 4.78 is 2.93. The van der Waals surface area contributed by atoms with Gasteiger partial charge in [-0.05, 0) is 26.0 Å². The molecular weight excluding hydrogens is 358 g/mol. The van der Waals surface area contributed by atoms with Gasteiger partial charge < -0.3 is 9.97 Å². The standard InChI is InChI=1S/C17H13N11/c1-9-14(16-20-10(2)26-28(16)25-9)23-24-15-11(7-18)8-19-27(15)17-21-12-5-3-4-6-13(12)22-17/h3-6,8H,1-2H3,(H,20,26)(H,21,22)/b24-23+. The maximum absolute atomic E-state index is 9.44. The number of fused-ring (bicyclic) bond motifs is 2. The molecule has 136 valence electrons. The third-order valence-corrected chi connectivity index (χ3v) is 4.24. The first kappa shape index (κ1) is 15.9. The van der Waals surface area contributed by atoms with E-state index in [0.717, 1.165) is 11.0 Å². The average Bonchev–Trinajstić information content (AvgIpc) is 3.41. The zero-order valence-electron chi connectivity index (χ0n) is 14.9. The first-order chi connectivity index (χ1) is 13.6. The Morgan fingerprint density at radius 2 is 1.96 bits per heavy atom. The quantitative estimate of drug-likeness (QED) is 0.469. The number of imidazole rings is 1. The third-order valence-electron chi connectivity index (χ3n) is 4.24. The summed E-state index contributed by atoms with van der Waals surface area (Å²) in [5.74, 6) is 1.44. The Kier molecular flexibility index (Phi) is 3.32. The number of azo groups is 1. The SMILES string of the molecule is Cc1nn2nc(C)c(/N=N/c3c(C#N)cnn3-c3nc4ccccc4[nH]3)c2[nH]1. The number of rotatable bonds is 3. The van der Waals surface area contributed by atoms with Crippen LogP contribution in [0.15, 0.2) is 40.7 Å². The molecule has 0 aliphatic heterocycles. The average molecular weight is 371 g/mol. The van der Waals surface area contributed by atoms with Crippen LogP contribution in [-0.2, 0) is 0 Å². The van der Waals surface area contributed by atoms with Gasteiger partial charge in [0.25, 0.3) is 0 Å². The van der Waals surface area contributed by atoms with Crippen LogP contribution in [0.2, 0.25) is 0 Å². The lowest BCUT2D eigenvalue weighted by molar-refractivity contribution is 0.793. The Morgan fingerprint density at radius 3 is 2.79 bits per heavy atom. The molecule has 11 nitrogen and oxygen atoms in total. The van der Waals surface area contributed by atoms with E-state index in [1.54, 1.807) is 0 Å². The predicted octanol–water partition coefficient (Wildman–Crippen LogP) is 3.02. The Morgan fingerprint density at radius 1 is 1.11 bits per heavy atom. The summed E-state index contributed by atoms with van der Waals surface area (Å²) in [6.45, 7) is 3.64. The Labute approximate surface area is 157 Å². The molecule has 0 atom stereocenters. The van der Waals surface area contributed by atoms with Gasteiger partial charge in [0.15, 0.2) is 17.2 Å². The molecule has 0 saturated heterocycles. The van der Waals surface area contributed by atoms with Crippen molar-refractivity contribution in [2.45, 2.75) is 13.8 Å². The van der Waals surface area contributed by atoms with Gasteiger partial charge in [0.1, 0.15) is 17.5 Å². The molecule has 0 fully saturated rings. The molecule has 5 aromatic rings. The molecule has 4 heterocycles. The molecule has 0 aliphatic carbocycles. The summed E-state index contributed by atoms with van der Waals surface area (Å²) in [6, 6.07) is 9.70. The highest BCUT2D eigenvalue weighted by Crippen LogP contribution is 2.28. The minimum Gasteiger partial charge on any atom is -0.324 e. The Bertz CT molecular complexity index is 1370. The highest BCUT2D eigenvalue weighted by molar-refractivity contribution is 5.76. The number of aryl methyl sites for hydroxylation is 2. The van der Waals surface area contributed by atoms with E-state index in [1.807, 2.05) is 38.1 Å². The Balaban J connectivity index is 1.63. The van der Waals surface area contributed by atoms with Crippen LogP contribution in [-0.4, -0.2) is 39.6 Å². The van der Waals surface area contributed by atoms with Gasteiger partial charge in [-0.25, -0.2) is 4.98 Å². The van der Waals surface area contributed by atoms with E-state index in [9.17, 15) is 5.26 Å². The second-order valence-corrected chi connectivity index (χ2v) is 6.17. The normalized spacial score (nSPS) is 11.8. The molecule has 1 aromatic carbocycles. The van der Waals surface area contributed by atoms with E-state index in [2.05, 4.69) is 46.5 Å². The predicted molar refractivity (Wildman–Crippen MR) is 98.9 cm³/mol. The molecule has 0 amide bonds. The van der Waals surface area contributed by atoms with Crippen molar-refractivity contribution in [2.24, 2.45) is 10.2 Å². The summed E-state index contributed by atoms with van der Waals surface area (Å²) >= 11 is 0. The molecule has 0 saturated carbocycles. The second-order valence-electron chi connectivity index (χ2n) is 6.17. The molecule has 5 rings (SSSR count). The van der Waals surface area contributed by atoms with Crippen LogP contribution >= 0.6 is 0 Å². The van der Waals surface area contributed by atoms with E-state index < -0.39 is 0 Å². The summed E-state index contributed by atoms with van der Waals surface area (Å²) in [7, 11) is 0. The van der Waals surface area contributed by atoms with Gasteiger partial charge in [0.05, 0.1) is 22.9 Å². The molecule has 11 heteroatoms. The number of nitriles is 1. The third kappa shape index (κ3) is 2.36. The van der Waals surface area contributed by atoms with E-state index in [-0.39, 0.29) is 11.4 Å². The van der Waals surface area contributed by atoms with Crippen molar-refractivity contribution in [3.8, 4) is 12.0 Å². The first-order valence-corrected chi connectivity index (χ1v) is 8.41. The topological polar surface area (TPSA) is 141 Å². The number of aromatic amines is 2. The largest absolute Gasteiger partial charge is 0.324 e. The maximum Gasteiger partial charge on any atom is 0.231 e. The smallest absolute Gasteiger partial charge is 0.231 e. The van der Waals surface area contributed by atoms with Crippen molar-refractivity contribution >= 4 is 28.2 Å². The van der Waals surface area contributed by atoms with Gasteiger partial charge >= 0.3 is 0 Å². The first-order valence-electron chi connectivity index (χ1n) is 8.41. The molecule has 0 radical (unpaired) electrons. The monoisotopic (exact) mass is 371 g/mol.